The van der Waals surface area contributed by atoms with Gasteiger partial charge >= 0.3 is 0 Å². The van der Waals surface area contributed by atoms with Gasteiger partial charge in [0, 0.05) is 11.0 Å². The molecule has 1 N–H and O–H groups in total. The Labute approximate surface area is 101 Å². The lowest BCUT2D eigenvalue weighted by atomic mass is 10.3. The number of thiazole rings is 1. The molecule has 1 aromatic heterocycles. The van der Waals surface area contributed by atoms with Crippen LogP contribution < -0.4 is 5.32 Å². The quantitative estimate of drug-likeness (QED) is 0.691. The molecule has 15 heavy (non-hydrogen) atoms. The predicted octanol–water partition coefficient (Wildman–Crippen LogP) is 2.78. The normalized spacial score (nSPS) is 10.4. The van der Waals surface area contributed by atoms with Crippen LogP contribution >= 0.6 is 27.3 Å². The van der Waals surface area contributed by atoms with Crippen molar-refractivity contribution < 1.29 is 0 Å². The topological polar surface area (TPSA) is 24.9 Å². The minimum atomic E-state index is 0.583. The number of fused-ring (bicyclic) bond motifs is 1. The molecule has 0 amide bonds. The van der Waals surface area contributed by atoms with Crippen molar-refractivity contribution in [1.82, 2.24) is 10.3 Å². The van der Waals surface area contributed by atoms with Gasteiger partial charge in [-0.2, -0.15) is 0 Å². The molecule has 0 saturated heterocycles. The maximum Gasteiger partial charge on any atom is 0.108 e. The monoisotopic (exact) mass is 280 g/mol. The van der Waals surface area contributed by atoms with Crippen LogP contribution in [-0.4, -0.2) is 11.5 Å². The second kappa shape index (κ2) is 4.75. The lowest BCUT2D eigenvalue weighted by molar-refractivity contribution is 0.766. The van der Waals surface area contributed by atoms with E-state index in [1.807, 2.05) is 12.1 Å². The molecular formula is C11H9BrN2S. The lowest BCUT2D eigenvalue weighted by Crippen LogP contribution is -2.12. The summed E-state index contributed by atoms with van der Waals surface area (Å²) < 4.78 is 2.28. The van der Waals surface area contributed by atoms with Crippen LogP contribution in [0.25, 0.3) is 10.2 Å². The largest absolute Gasteiger partial charge is 0.300 e. The van der Waals surface area contributed by atoms with Crippen LogP contribution in [0.4, 0.5) is 0 Å². The van der Waals surface area contributed by atoms with Gasteiger partial charge in [0.25, 0.3) is 0 Å². The highest BCUT2D eigenvalue weighted by Gasteiger charge is 2.03. The van der Waals surface area contributed by atoms with E-state index in [-0.39, 0.29) is 0 Å². The Bertz CT molecular complexity index is 513. The van der Waals surface area contributed by atoms with Crippen molar-refractivity contribution in [2.24, 2.45) is 0 Å². The zero-order valence-electron chi connectivity index (χ0n) is 7.96. The molecule has 0 fully saturated rings. The molecule has 2 nitrogen and oxygen atoms in total. The summed E-state index contributed by atoms with van der Waals surface area (Å²) in [5.41, 5.74) is 1.04. The molecule has 0 aliphatic carbocycles. The third kappa shape index (κ3) is 2.57. The first kappa shape index (κ1) is 10.6. The van der Waals surface area contributed by atoms with E-state index in [0.29, 0.717) is 6.54 Å². The summed E-state index contributed by atoms with van der Waals surface area (Å²) in [6.07, 6.45) is 5.15. The molecule has 1 aromatic carbocycles. The highest BCUT2D eigenvalue weighted by molar-refractivity contribution is 9.10. The van der Waals surface area contributed by atoms with Gasteiger partial charge in [0.15, 0.2) is 0 Å². The molecule has 0 unspecified atom stereocenters. The zero-order chi connectivity index (χ0) is 10.7. The molecule has 0 bridgehead atoms. The third-order valence-electron chi connectivity index (χ3n) is 1.90. The highest BCUT2D eigenvalue weighted by Crippen LogP contribution is 2.25. The summed E-state index contributed by atoms with van der Waals surface area (Å²) in [6, 6.07) is 6.10. The summed E-state index contributed by atoms with van der Waals surface area (Å²) >= 11 is 5.13. The Balaban J connectivity index is 2.20. The van der Waals surface area contributed by atoms with Crippen LogP contribution in [-0.2, 0) is 6.54 Å². The Morgan fingerprint density at radius 3 is 3.20 bits per heavy atom. The first-order valence-corrected chi connectivity index (χ1v) is 6.09. The van der Waals surface area contributed by atoms with E-state index < -0.39 is 0 Å². The fourth-order valence-electron chi connectivity index (χ4n) is 1.26. The first-order chi connectivity index (χ1) is 7.29. The maximum absolute atomic E-state index is 5.15. The molecule has 4 heteroatoms. The van der Waals surface area contributed by atoms with Crippen LogP contribution in [0.15, 0.2) is 22.7 Å². The van der Waals surface area contributed by atoms with E-state index in [9.17, 15) is 0 Å². The minimum Gasteiger partial charge on any atom is -0.300 e. The molecular weight excluding hydrogens is 272 g/mol. The minimum absolute atomic E-state index is 0.583. The van der Waals surface area contributed by atoms with E-state index in [1.54, 1.807) is 11.3 Å². The molecule has 0 atom stereocenters. The molecule has 0 aliphatic rings. The summed E-state index contributed by atoms with van der Waals surface area (Å²) in [6.45, 7) is 1.32. The Morgan fingerprint density at radius 1 is 1.53 bits per heavy atom. The molecule has 0 saturated carbocycles. The number of benzene rings is 1. The smallest absolute Gasteiger partial charge is 0.108 e. The van der Waals surface area contributed by atoms with Crippen molar-refractivity contribution in [1.29, 1.82) is 0 Å². The Hall–Kier alpha value is -0.890. The zero-order valence-corrected chi connectivity index (χ0v) is 10.4. The molecule has 76 valence electrons. The van der Waals surface area contributed by atoms with Gasteiger partial charge in [-0.25, -0.2) is 4.98 Å². The summed E-state index contributed by atoms with van der Waals surface area (Å²) in [4.78, 5) is 4.49. The average Bonchev–Trinajstić information content (AvgIpc) is 2.60. The van der Waals surface area contributed by atoms with Crippen LogP contribution in [0.3, 0.4) is 0 Å². The molecule has 0 spiro atoms. The second-order valence-corrected chi connectivity index (χ2v) is 5.06. The van der Waals surface area contributed by atoms with E-state index in [0.717, 1.165) is 21.5 Å². The first-order valence-electron chi connectivity index (χ1n) is 4.49. The summed E-state index contributed by atoms with van der Waals surface area (Å²) in [7, 11) is 0. The maximum atomic E-state index is 5.15. The number of halogens is 1. The van der Waals surface area contributed by atoms with E-state index in [2.05, 4.69) is 38.2 Å². The molecule has 0 radical (unpaired) electrons. The predicted molar refractivity (Wildman–Crippen MR) is 67.9 cm³/mol. The standard InChI is InChI=1S/C11H9BrN2S/c1-2-5-13-7-11-14-9-4-3-8(12)6-10(9)15-11/h1,3-4,6,13H,5,7H2. The van der Waals surface area contributed by atoms with Crippen molar-refractivity contribution in [3.05, 3.63) is 27.7 Å². The highest BCUT2D eigenvalue weighted by atomic mass is 79.9. The van der Waals surface area contributed by atoms with Gasteiger partial charge in [0.1, 0.15) is 5.01 Å². The van der Waals surface area contributed by atoms with Crippen molar-refractivity contribution in [2.75, 3.05) is 6.54 Å². The van der Waals surface area contributed by atoms with Gasteiger partial charge in [0.2, 0.25) is 0 Å². The van der Waals surface area contributed by atoms with Crippen molar-refractivity contribution in [2.45, 2.75) is 6.54 Å². The number of hydrogen-bond donors (Lipinski definition) is 1. The second-order valence-electron chi connectivity index (χ2n) is 3.03. The van der Waals surface area contributed by atoms with E-state index >= 15 is 0 Å². The number of hydrogen-bond acceptors (Lipinski definition) is 3. The van der Waals surface area contributed by atoms with E-state index in [4.69, 9.17) is 6.42 Å². The molecule has 1 heterocycles. The number of nitrogens with zero attached hydrogens (tertiary/aromatic N) is 1. The van der Waals surface area contributed by atoms with Crippen molar-refractivity contribution in [3.8, 4) is 12.3 Å². The summed E-state index contributed by atoms with van der Waals surface area (Å²) in [5, 5.41) is 4.19. The van der Waals surface area contributed by atoms with Gasteiger partial charge in [-0.1, -0.05) is 21.9 Å². The third-order valence-corrected chi connectivity index (χ3v) is 3.41. The van der Waals surface area contributed by atoms with Crippen molar-refractivity contribution >= 4 is 37.5 Å². The SMILES string of the molecule is C#CCNCc1nc2ccc(Br)cc2s1. The Kier molecular flexibility index (Phi) is 3.37. The number of nitrogens with one attached hydrogen (secondary N) is 1. The van der Waals surface area contributed by atoms with Gasteiger partial charge in [-0.15, -0.1) is 17.8 Å². The van der Waals surface area contributed by atoms with Gasteiger partial charge in [-0.05, 0) is 18.2 Å². The number of rotatable bonds is 3. The summed E-state index contributed by atoms with van der Waals surface area (Å²) in [5.74, 6) is 2.54. The van der Waals surface area contributed by atoms with Crippen LogP contribution in [0.1, 0.15) is 5.01 Å². The van der Waals surface area contributed by atoms with Gasteiger partial charge in [0.05, 0.1) is 16.8 Å². The molecule has 2 aromatic rings. The van der Waals surface area contributed by atoms with Gasteiger partial charge < -0.3 is 0 Å². The fraction of sp³-hybridized carbons (Fsp3) is 0.182. The van der Waals surface area contributed by atoms with Crippen LogP contribution in [0.5, 0.6) is 0 Å². The number of aromatic nitrogens is 1. The van der Waals surface area contributed by atoms with Crippen LogP contribution in [0, 0.1) is 12.3 Å². The fourth-order valence-corrected chi connectivity index (χ4v) is 2.75. The average molecular weight is 281 g/mol. The molecule has 2 rings (SSSR count). The van der Waals surface area contributed by atoms with E-state index in [1.165, 1.54) is 4.70 Å². The molecule has 0 aliphatic heterocycles. The van der Waals surface area contributed by atoms with Crippen molar-refractivity contribution in [3.63, 3.8) is 0 Å². The lowest BCUT2D eigenvalue weighted by Gasteiger charge is -1.93. The van der Waals surface area contributed by atoms with Crippen LogP contribution in [0.2, 0.25) is 0 Å². The number of terminal acetylenes is 1. The van der Waals surface area contributed by atoms with Gasteiger partial charge in [-0.3, -0.25) is 5.32 Å². The Morgan fingerprint density at radius 2 is 2.40 bits per heavy atom.